The molecule has 1 N–H and O–H groups in total. The quantitative estimate of drug-likeness (QED) is 0.734. The van der Waals surface area contributed by atoms with Gasteiger partial charge >= 0.3 is 0 Å². The molecule has 1 heterocycles. The van der Waals surface area contributed by atoms with Gasteiger partial charge in [-0.3, -0.25) is 4.79 Å². The van der Waals surface area contributed by atoms with E-state index in [-0.39, 0.29) is 17.9 Å². The number of piperidine rings is 1. The molecular formula is C25H32N2O3S. The lowest BCUT2D eigenvalue weighted by atomic mass is 9.95. The molecule has 1 saturated heterocycles. The monoisotopic (exact) mass is 440 g/mol. The first-order valence-corrected chi connectivity index (χ1v) is 12.8. The molecule has 1 fully saturated rings. The molecular weight excluding hydrogens is 408 g/mol. The summed E-state index contributed by atoms with van der Waals surface area (Å²) in [5.41, 5.74) is 4.74. The summed E-state index contributed by atoms with van der Waals surface area (Å²) in [4.78, 5) is 13.3. The molecule has 0 aromatic heterocycles. The van der Waals surface area contributed by atoms with Gasteiger partial charge < -0.3 is 5.32 Å². The van der Waals surface area contributed by atoms with Crippen molar-refractivity contribution in [2.75, 3.05) is 13.1 Å². The Morgan fingerprint density at radius 1 is 1.06 bits per heavy atom. The average molecular weight is 441 g/mol. The highest BCUT2D eigenvalue weighted by Gasteiger charge is 2.33. The number of hydrogen-bond donors (Lipinski definition) is 1. The summed E-state index contributed by atoms with van der Waals surface area (Å²) in [5.74, 6) is -0.118. The van der Waals surface area contributed by atoms with Crippen LogP contribution in [0.2, 0.25) is 0 Å². The molecule has 6 heteroatoms. The first-order chi connectivity index (χ1) is 14.9. The number of benzene rings is 2. The molecule has 2 aromatic carbocycles. The molecule has 2 aliphatic rings. The maximum Gasteiger partial charge on any atom is 0.243 e. The molecule has 0 unspecified atom stereocenters. The molecule has 2 aromatic rings. The SMILES string of the molecule is CC[C@@H](NC(=O)C1CCN(S(=O)(=O)c2ccc3c(c2)CCC3)CC1)c1ccc(C)cc1. The molecule has 5 nitrogen and oxygen atoms in total. The number of carbonyl (C=O) groups is 1. The lowest BCUT2D eigenvalue weighted by molar-refractivity contribution is -0.126. The molecule has 1 aliphatic carbocycles. The highest BCUT2D eigenvalue weighted by molar-refractivity contribution is 7.89. The number of fused-ring (bicyclic) bond motifs is 1. The first-order valence-electron chi connectivity index (χ1n) is 11.4. The lowest BCUT2D eigenvalue weighted by Gasteiger charge is -2.31. The van der Waals surface area contributed by atoms with Crippen LogP contribution in [0.25, 0.3) is 0 Å². The van der Waals surface area contributed by atoms with Gasteiger partial charge in [0.1, 0.15) is 0 Å². The molecule has 1 amide bonds. The average Bonchev–Trinajstić information content (AvgIpc) is 3.26. The van der Waals surface area contributed by atoms with Gasteiger partial charge in [-0.25, -0.2) is 8.42 Å². The minimum atomic E-state index is -3.51. The maximum atomic E-state index is 13.1. The molecule has 0 radical (unpaired) electrons. The van der Waals surface area contributed by atoms with Crippen LogP contribution in [0.15, 0.2) is 47.4 Å². The van der Waals surface area contributed by atoms with E-state index in [0.29, 0.717) is 30.8 Å². The second-order valence-electron chi connectivity index (χ2n) is 8.84. The Morgan fingerprint density at radius 2 is 1.74 bits per heavy atom. The zero-order valence-corrected chi connectivity index (χ0v) is 19.2. The number of rotatable bonds is 6. The predicted octanol–water partition coefficient (Wildman–Crippen LogP) is 4.15. The van der Waals surface area contributed by atoms with Crippen LogP contribution in [0.1, 0.15) is 60.9 Å². The molecule has 0 spiro atoms. The second-order valence-corrected chi connectivity index (χ2v) is 10.8. The Labute approximate surface area is 185 Å². The van der Waals surface area contributed by atoms with Crippen LogP contribution in [0.3, 0.4) is 0 Å². The zero-order chi connectivity index (χ0) is 22.0. The highest BCUT2D eigenvalue weighted by atomic mass is 32.2. The van der Waals surface area contributed by atoms with Crippen molar-refractivity contribution in [3.63, 3.8) is 0 Å². The van der Waals surface area contributed by atoms with Crippen LogP contribution in [-0.4, -0.2) is 31.7 Å². The normalized spacial score (nSPS) is 18.5. The Morgan fingerprint density at radius 3 is 2.42 bits per heavy atom. The van der Waals surface area contributed by atoms with E-state index in [1.807, 2.05) is 19.1 Å². The maximum absolute atomic E-state index is 13.1. The van der Waals surface area contributed by atoms with Crippen LogP contribution in [-0.2, 0) is 27.7 Å². The Bertz CT molecular complexity index is 1040. The number of aryl methyl sites for hydroxylation is 3. The highest BCUT2D eigenvalue weighted by Crippen LogP contribution is 2.29. The van der Waals surface area contributed by atoms with Crippen LogP contribution in [0, 0.1) is 12.8 Å². The molecule has 166 valence electrons. The van der Waals surface area contributed by atoms with Crippen molar-refractivity contribution in [1.82, 2.24) is 9.62 Å². The summed E-state index contributed by atoms with van der Waals surface area (Å²) in [6.45, 7) is 4.89. The largest absolute Gasteiger partial charge is 0.349 e. The van der Waals surface area contributed by atoms with Crippen molar-refractivity contribution >= 4 is 15.9 Å². The molecule has 1 aliphatic heterocycles. The molecule has 0 bridgehead atoms. The van der Waals surface area contributed by atoms with Gasteiger partial charge in [-0.1, -0.05) is 42.8 Å². The summed E-state index contributed by atoms with van der Waals surface area (Å²) in [6, 6.07) is 13.8. The summed E-state index contributed by atoms with van der Waals surface area (Å²) in [5, 5.41) is 3.18. The Hall–Kier alpha value is -2.18. The second kappa shape index (κ2) is 9.13. The smallest absolute Gasteiger partial charge is 0.243 e. The Kier molecular flexibility index (Phi) is 6.49. The van der Waals surface area contributed by atoms with E-state index in [2.05, 4.69) is 36.5 Å². The van der Waals surface area contributed by atoms with Gasteiger partial charge in [0.05, 0.1) is 10.9 Å². The fourth-order valence-corrected chi connectivity index (χ4v) is 6.25. The Balaban J connectivity index is 1.37. The van der Waals surface area contributed by atoms with Gasteiger partial charge in [-0.15, -0.1) is 0 Å². The van der Waals surface area contributed by atoms with Gasteiger partial charge in [0.25, 0.3) is 0 Å². The third-order valence-electron chi connectivity index (χ3n) is 6.74. The van der Waals surface area contributed by atoms with E-state index in [9.17, 15) is 13.2 Å². The summed E-state index contributed by atoms with van der Waals surface area (Å²) >= 11 is 0. The fourth-order valence-electron chi connectivity index (χ4n) is 4.73. The van der Waals surface area contributed by atoms with Crippen LogP contribution >= 0.6 is 0 Å². The summed E-state index contributed by atoms with van der Waals surface area (Å²) < 4.78 is 27.8. The summed E-state index contributed by atoms with van der Waals surface area (Å²) in [6.07, 6.45) is 5.03. The summed E-state index contributed by atoms with van der Waals surface area (Å²) in [7, 11) is -3.51. The number of hydrogen-bond acceptors (Lipinski definition) is 3. The van der Waals surface area contributed by atoms with Crippen molar-refractivity contribution in [3.8, 4) is 0 Å². The van der Waals surface area contributed by atoms with E-state index >= 15 is 0 Å². The van der Waals surface area contributed by atoms with E-state index in [4.69, 9.17) is 0 Å². The third-order valence-corrected chi connectivity index (χ3v) is 8.63. The van der Waals surface area contributed by atoms with Crippen LogP contribution in [0.4, 0.5) is 0 Å². The van der Waals surface area contributed by atoms with E-state index < -0.39 is 10.0 Å². The number of sulfonamides is 1. The minimum absolute atomic E-state index is 0.0127. The standard InChI is InChI=1S/C25H32N2O3S/c1-3-24(20-9-7-18(2)8-10-20)26-25(28)21-13-15-27(16-14-21)31(29,30)23-12-11-19-5-4-6-22(19)17-23/h7-12,17,21,24H,3-6,13-16H2,1-2H3,(H,26,28)/t24-/m1/s1. The zero-order valence-electron chi connectivity index (χ0n) is 18.4. The van der Waals surface area contributed by atoms with Crippen molar-refractivity contribution < 1.29 is 13.2 Å². The van der Waals surface area contributed by atoms with E-state index in [0.717, 1.165) is 36.8 Å². The van der Waals surface area contributed by atoms with E-state index in [1.165, 1.54) is 11.1 Å². The number of nitrogens with zero attached hydrogens (tertiary/aromatic N) is 1. The van der Waals surface area contributed by atoms with Crippen molar-refractivity contribution in [1.29, 1.82) is 0 Å². The van der Waals surface area contributed by atoms with Gasteiger partial charge in [0.2, 0.25) is 15.9 Å². The lowest BCUT2D eigenvalue weighted by Crippen LogP contribution is -2.43. The third kappa shape index (κ3) is 4.70. The van der Waals surface area contributed by atoms with Gasteiger partial charge in [0.15, 0.2) is 0 Å². The number of carbonyl (C=O) groups excluding carboxylic acids is 1. The number of amides is 1. The van der Waals surface area contributed by atoms with Gasteiger partial charge in [-0.05, 0) is 74.3 Å². The van der Waals surface area contributed by atoms with Crippen LogP contribution < -0.4 is 5.32 Å². The van der Waals surface area contributed by atoms with Crippen molar-refractivity contribution in [2.24, 2.45) is 5.92 Å². The number of nitrogens with one attached hydrogen (secondary N) is 1. The first kappa shape index (κ1) is 22.0. The minimum Gasteiger partial charge on any atom is -0.349 e. The topological polar surface area (TPSA) is 66.5 Å². The predicted molar refractivity (Wildman–Crippen MR) is 122 cm³/mol. The molecule has 1 atom stereocenters. The van der Waals surface area contributed by atoms with E-state index in [1.54, 1.807) is 10.4 Å². The van der Waals surface area contributed by atoms with Gasteiger partial charge in [0, 0.05) is 19.0 Å². The van der Waals surface area contributed by atoms with Gasteiger partial charge in [-0.2, -0.15) is 4.31 Å². The fraction of sp³-hybridized carbons (Fsp3) is 0.480. The van der Waals surface area contributed by atoms with Crippen LogP contribution in [0.5, 0.6) is 0 Å². The molecule has 0 saturated carbocycles. The van der Waals surface area contributed by atoms with Crippen molar-refractivity contribution in [3.05, 3.63) is 64.7 Å². The molecule has 4 rings (SSSR count). The molecule has 31 heavy (non-hydrogen) atoms. The van der Waals surface area contributed by atoms with Crippen molar-refractivity contribution in [2.45, 2.75) is 63.3 Å².